The van der Waals surface area contributed by atoms with Crippen molar-refractivity contribution in [3.05, 3.63) is 75.9 Å². The number of para-hydroxylation sites is 1. The maximum Gasteiger partial charge on any atom is 0.247 e. The lowest BCUT2D eigenvalue weighted by Crippen LogP contribution is -2.55. The zero-order valence-corrected chi connectivity index (χ0v) is 25.0. The third kappa shape index (κ3) is 8.21. The third-order valence-corrected chi connectivity index (χ3v) is 7.60. The summed E-state index contributed by atoms with van der Waals surface area (Å²) in [5.74, 6) is 1.33. The Hall–Kier alpha value is -3.09. The maximum atomic E-state index is 13.5. The van der Waals surface area contributed by atoms with Crippen LogP contribution in [0.4, 0.5) is 0 Å². The van der Waals surface area contributed by atoms with Crippen molar-refractivity contribution in [1.82, 2.24) is 10.2 Å². The topological polar surface area (TPSA) is 118 Å². The van der Waals surface area contributed by atoms with Crippen LogP contribution in [0.3, 0.4) is 0 Å². The van der Waals surface area contributed by atoms with Crippen molar-refractivity contribution in [1.29, 1.82) is 0 Å². The van der Waals surface area contributed by atoms with Gasteiger partial charge in [0.25, 0.3) is 0 Å². The van der Waals surface area contributed by atoms with Crippen molar-refractivity contribution in [2.45, 2.75) is 43.9 Å². The molecule has 0 radical (unpaired) electrons. The van der Waals surface area contributed by atoms with Crippen LogP contribution in [0.25, 0.3) is 0 Å². The minimum absolute atomic E-state index is 0.0864. The largest absolute Gasteiger partial charge is 0.497 e. The SMILES string of the molecule is C=CCCC(=O)N(CCc1cc(OC)ccc1OC)[C@@H]1CC(C(=O)NCCO)=C[C@H](Oc2ccccc2I)[C@H]1O. The minimum Gasteiger partial charge on any atom is -0.497 e. The fourth-order valence-electron chi connectivity index (χ4n) is 4.63. The Balaban J connectivity index is 1.96. The Bertz CT molecular complexity index is 1200. The van der Waals surface area contributed by atoms with Crippen LogP contribution < -0.4 is 19.5 Å². The number of halogens is 1. The lowest BCUT2D eigenvalue weighted by Gasteiger charge is -2.40. The number of carbonyl (C=O) groups is 2. The average molecular weight is 665 g/mol. The van der Waals surface area contributed by atoms with Crippen LogP contribution in [0.5, 0.6) is 17.2 Å². The van der Waals surface area contributed by atoms with E-state index >= 15 is 0 Å². The van der Waals surface area contributed by atoms with Crippen molar-refractivity contribution in [2.75, 3.05) is 33.9 Å². The fraction of sp³-hybridized carbons (Fsp3) is 0.400. The van der Waals surface area contributed by atoms with E-state index in [-0.39, 0.29) is 44.4 Å². The van der Waals surface area contributed by atoms with Crippen LogP contribution in [0.15, 0.2) is 66.8 Å². The molecule has 0 spiro atoms. The summed E-state index contributed by atoms with van der Waals surface area (Å²) in [6.45, 7) is 3.88. The third-order valence-electron chi connectivity index (χ3n) is 6.71. The highest BCUT2D eigenvalue weighted by atomic mass is 127. The minimum atomic E-state index is -1.11. The molecule has 40 heavy (non-hydrogen) atoms. The quantitative estimate of drug-likeness (QED) is 0.210. The number of ether oxygens (including phenoxy) is 3. The van der Waals surface area contributed by atoms with E-state index in [0.29, 0.717) is 35.7 Å². The molecule has 216 valence electrons. The number of hydrogen-bond acceptors (Lipinski definition) is 7. The van der Waals surface area contributed by atoms with E-state index in [1.54, 1.807) is 43.4 Å². The molecule has 3 atom stereocenters. The summed E-state index contributed by atoms with van der Waals surface area (Å²) in [6.07, 6.45) is 2.53. The number of nitrogens with zero attached hydrogens (tertiary/aromatic N) is 1. The van der Waals surface area contributed by atoms with E-state index in [4.69, 9.17) is 14.2 Å². The zero-order chi connectivity index (χ0) is 29.1. The predicted molar refractivity (Wildman–Crippen MR) is 161 cm³/mol. The zero-order valence-electron chi connectivity index (χ0n) is 22.8. The van der Waals surface area contributed by atoms with Gasteiger partial charge in [0.2, 0.25) is 11.8 Å². The molecule has 0 unspecified atom stereocenters. The summed E-state index contributed by atoms with van der Waals surface area (Å²) in [6, 6.07) is 12.1. The smallest absolute Gasteiger partial charge is 0.247 e. The van der Waals surface area contributed by atoms with Gasteiger partial charge in [0.05, 0.1) is 30.4 Å². The highest BCUT2D eigenvalue weighted by Gasteiger charge is 2.40. The second-order valence-corrected chi connectivity index (χ2v) is 10.5. The van der Waals surface area contributed by atoms with Crippen molar-refractivity contribution < 1.29 is 34.0 Å². The number of hydrogen-bond donors (Lipinski definition) is 3. The van der Waals surface area contributed by atoms with Crippen LogP contribution in [0.1, 0.15) is 24.8 Å². The summed E-state index contributed by atoms with van der Waals surface area (Å²) in [7, 11) is 3.16. The van der Waals surface area contributed by atoms with E-state index in [0.717, 1.165) is 9.13 Å². The van der Waals surface area contributed by atoms with Gasteiger partial charge in [-0.05, 0) is 77.4 Å². The monoisotopic (exact) mass is 664 g/mol. The highest BCUT2D eigenvalue weighted by molar-refractivity contribution is 14.1. The Morgan fingerprint density at radius 2 is 1.95 bits per heavy atom. The average Bonchev–Trinajstić information content (AvgIpc) is 2.97. The van der Waals surface area contributed by atoms with Gasteiger partial charge in [-0.3, -0.25) is 9.59 Å². The second kappa shape index (κ2) is 15.6. The van der Waals surface area contributed by atoms with Crippen LogP contribution >= 0.6 is 22.6 Å². The molecule has 1 aliphatic carbocycles. The first-order valence-electron chi connectivity index (χ1n) is 13.1. The summed E-state index contributed by atoms with van der Waals surface area (Å²) < 4.78 is 17.9. The van der Waals surface area contributed by atoms with Crippen LogP contribution in [0.2, 0.25) is 0 Å². The lowest BCUT2D eigenvalue weighted by atomic mass is 9.87. The van der Waals surface area contributed by atoms with Gasteiger partial charge in [-0.1, -0.05) is 18.2 Å². The number of benzene rings is 2. The highest BCUT2D eigenvalue weighted by Crippen LogP contribution is 2.31. The number of carbonyl (C=O) groups excluding carboxylic acids is 2. The number of allylic oxidation sites excluding steroid dienone is 1. The molecule has 10 heteroatoms. The van der Waals surface area contributed by atoms with Gasteiger partial charge < -0.3 is 34.6 Å². The standard InChI is InChI=1S/C30H37IN2O7/c1-4-5-10-28(35)33(15-13-20-17-22(38-2)11-12-25(20)39-3)24-18-21(30(37)32-14-16-34)19-27(29(24)36)40-26-9-7-6-8-23(26)31/h4,6-9,11-12,17,19,24,27,29,34,36H,1,5,10,13-16,18H2,2-3H3,(H,32,37)/t24-,27+,29+/m1/s1. The van der Waals surface area contributed by atoms with E-state index in [2.05, 4.69) is 34.5 Å². The first-order chi connectivity index (χ1) is 19.3. The Morgan fingerprint density at radius 3 is 2.62 bits per heavy atom. The van der Waals surface area contributed by atoms with Gasteiger partial charge in [-0.25, -0.2) is 0 Å². The van der Waals surface area contributed by atoms with Gasteiger partial charge in [-0.2, -0.15) is 0 Å². The van der Waals surface area contributed by atoms with E-state index < -0.39 is 18.2 Å². The van der Waals surface area contributed by atoms with E-state index in [9.17, 15) is 19.8 Å². The molecule has 1 aliphatic rings. The molecule has 0 heterocycles. The lowest BCUT2D eigenvalue weighted by molar-refractivity contribution is -0.138. The molecule has 0 aromatic heterocycles. The Labute approximate surface area is 248 Å². The molecule has 0 saturated carbocycles. The normalized spacial score (nSPS) is 18.3. The molecular formula is C30H37IN2O7. The molecule has 0 aliphatic heterocycles. The van der Waals surface area contributed by atoms with Gasteiger partial charge in [0.15, 0.2) is 0 Å². The van der Waals surface area contributed by atoms with Gasteiger partial charge >= 0.3 is 0 Å². The predicted octanol–water partition coefficient (Wildman–Crippen LogP) is 3.26. The summed E-state index contributed by atoms with van der Waals surface area (Å²) in [5.41, 5.74) is 1.22. The summed E-state index contributed by atoms with van der Waals surface area (Å²) >= 11 is 2.15. The number of methoxy groups -OCH3 is 2. The molecular weight excluding hydrogens is 627 g/mol. The van der Waals surface area contributed by atoms with E-state index in [1.807, 2.05) is 30.3 Å². The van der Waals surface area contributed by atoms with Crippen LogP contribution in [0, 0.1) is 3.57 Å². The summed E-state index contributed by atoms with van der Waals surface area (Å²) in [4.78, 5) is 28.2. The molecule has 2 amide bonds. The molecule has 2 aromatic rings. The van der Waals surface area contributed by atoms with Crippen molar-refractivity contribution in [3.8, 4) is 17.2 Å². The van der Waals surface area contributed by atoms with Crippen LogP contribution in [-0.2, 0) is 16.0 Å². The van der Waals surface area contributed by atoms with E-state index in [1.165, 1.54) is 0 Å². The van der Waals surface area contributed by atoms with Gasteiger partial charge in [0.1, 0.15) is 29.5 Å². The maximum absolute atomic E-state index is 13.5. The number of aliphatic hydroxyl groups is 2. The second-order valence-electron chi connectivity index (χ2n) is 9.29. The van der Waals surface area contributed by atoms with Crippen molar-refractivity contribution in [2.24, 2.45) is 0 Å². The molecule has 0 saturated heterocycles. The number of nitrogens with one attached hydrogen (secondary N) is 1. The van der Waals surface area contributed by atoms with Crippen molar-refractivity contribution >= 4 is 34.4 Å². The molecule has 9 nitrogen and oxygen atoms in total. The summed E-state index contributed by atoms with van der Waals surface area (Å²) in [5, 5.41) is 23.5. The molecule has 0 bridgehead atoms. The number of rotatable bonds is 14. The molecule has 3 rings (SSSR count). The van der Waals surface area contributed by atoms with Gasteiger partial charge in [-0.15, -0.1) is 6.58 Å². The first-order valence-corrected chi connectivity index (χ1v) is 14.2. The van der Waals surface area contributed by atoms with Crippen molar-refractivity contribution in [3.63, 3.8) is 0 Å². The molecule has 3 N–H and O–H groups in total. The number of aliphatic hydroxyl groups excluding tert-OH is 2. The Morgan fingerprint density at radius 1 is 1.18 bits per heavy atom. The Kier molecular flexibility index (Phi) is 12.3. The molecule has 0 fully saturated rings. The first kappa shape index (κ1) is 31.4. The molecule has 2 aromatic carbocycles. The number of amides is 2. The fourth-order valence-corrected chi connectivity index (χ4v) is 5.14. The van der Waals surface area contributed by atoms with Crippen LogP contribution in [-0.4, -0.2) is 79.1 Å². The van der Waals surface area contributed by atoms with Gasteiger partial charge in [0, 0.05) is 31.5 Å².